The molecular formula is C25H23ClF3N3O4S. The number of urea groups is 1. The Hall–Kier alpha value is -3.28. The first-order chi connectivity index (χ1) is 17.4. The van der Waals surface area contributed by atoms with Crippen LogP contribution in [0.5, 0.6) is 11.5 Å². The maximum absolute atomic E-state index is 13.4. The Morgan fingerprint density at radius 2 is 1.65 bits per heavy atom. The van der Waals surface area contributed by atoms with E-state index in [4.69, 9.17) is 16.3 Å². The molecule has 1 saturated heterocycles. The molecule has 1 heterocycles. The van der Waals surface area contributed by atoms with Crippen molar-refractivity contribution in [3.8, 4) is 11.5 Å². The molecule has 0 saturated carbocycles. The zero-order chi connectivity index (χ0) is 26.8. The number of hydrogen-bond acceptors (Lipinski definition) is 4. The van der Waals surface area contributed by atoms with Crippen LogP contribution in [0.15, 0.2) is 72.8 Å². The normalized spacial score (nSPS) is 16.4. The fraction of sp³-hybridized carbons (Fsp3) is 0.240. The molecule has 3 aromatic carbocycles. The fourth-order valence-corrected chi connectivity index (χ4v) is 4.58. The highest BCUT2D eigenvalue weighted by molar-refractivity contribution is 7.88. The number of carbonyl (C=O) groups excluding carboxylic acids is 1. The third-order valence-electron chi connectivity index (χ3n) is 5.69. The third-order valence-corrected chi connectivity index (χ3v) is 6.67. The Morgan fingerprint density at radius 3 is 2.24 bits per heavy atom. The lowest BCUT2D eigenvalue weighted by molar-refractivity contribution is -0.137. The Labute approximate surface area is 217 Å². The highest BCUT2D eigenvalue weighted by atomic mass is 35.5. The van der Waals surface area contributed by atoms with Crippen molar-refractivity contribution < 1.29 is 31.1 Å². The van der Waals surface area contributed by atoms with E-state index < -0.39 is 33.8 Å². The van der Waals surface area contributed by atoms with Gasteiger partial charge in [-0.3, -0.25) is 4.90 Å². The van der Waals surface area contributed by atoms with Crippen LogP contribution >= 0.6 is 11.6 Å². The van der Waals surface area contributed by atoms with E-state index in [0.29, 0.717) is 27.8 Å². The number of nitrogens with one attached hydrogen (secondary N) is 1. The molecule has 4 rings (SSSR count). The average Bonchev–Trinajstić information content (AvgIpc) is 3.16. The third kappa shape index (κ3) is 6.73. The summed E-state index contributed by atoms with van der Waals surface area (Å²) in [6, 6.07) is 17.0. The van der Waals surface area contributed by atoms with E-state index in [2.05, 4.69) is 4.72 Å². The second-order valence-electron chi connectivity index (χ2n) is 8.45. The number of halogens is 4. The van der Waals surface area contributed by atoms with E-state index in [1.807, 2.05) is 0 Å². The van der Waals surface area contributed by atoms with Crippen LogP contribution in [0.3, 0.4) is 0 Å². The van der Waals surface area contributed by atoms with Crippen LogP contribution < -0.4 is 14.4 Å². The van der Waals surface area contributed by atoms with Gasteiger partial charge in [0.1, 0.15) is 11.5 Å². The maximum Gasteiger partial charge on any atom is 0.416 e. The number of hydrogen-bond donors (Lipinski definition) is 1. The molecule has 0 aliphatic carbocycles. The summed E-state index contributed by atoms with van der Waals surface area (Å²) in [5, 5.41) is 0.562. The highest BCUT2D eigenvalue weighted by Crippen LogP contribution is 2.38. The first-order valence-electron chi connectivity index (χ1n) is 11.1. The smallest absolute Gasteiger partial charge is 0.416 e. The largest absolute Gasteiger partial charge is 0.457 e. The van der Waals surface area contributed by atoms with Crippen molar-refractivity contribution in [2.45, 2.75) is 12.2 Å². The first kappa shape index (κ1) is 26.8. The van der Waals surface area contributed by atoms with Crippen molar-refractivity contribution in [1.82, 2.24) is 9.62 Å². The van der Waals surface area contributed by atoms with Crippen LogP contribution in [-0.2, 0) is 16.2 Å². The number of ether oxygens (including phenoxy) is 1. The summed E-state index contributed by atoms with van der Waals surface area (Å²) < 4.78 is 71.1. The molecule has 1 fully saturated rings. The minimum Gasteiger partial charge on any atom is -0.457 e. The maximum atomic E-state index is 13.4. The van der Waals surface area contributed by atoms with E-state index in [1.165, 1.54) is 21.9 Å². The molecule has 1 aliphatic rings. The van der Waals surface area contributed by atoms with Crippen LogP contribution in [0.4, 0.5) is 23.7 Å². The zero-order valence-corrected chi connectivity index (χ0v) is 21.1. The highest BCUT2D eigenvalue weighted by Gasteiger charge is 2.40. The van der Waals surface area contributed by atoms with Crippen LogP contribution in [0.1, 0.15) is 17.2 Å². The number of sulfonamides is 1. The van der Waals surface area contributed by atoms with E-state index in [0.717, 1.165) is 18.4 Å². The quantitative estimate of drug-likeness (QED) is 0.389. The summed E-state index contributed by atoms with van der Waals surface area (Å²) >= 11 is 5.89. The summed E-state index contributed by atoms with van der Waals surface area (Å²) in [4.78, 5) is 16.2. The summed E-state index contributed by atoms with van der Waals surface area (Å²) in [6.07, 6.45) is -3.53. The monoisotopic (exact) mass is 553 g/mol. The molecule has 196 valence electrons. The number of alkyl halides is 3. The van der Waals surface area contributed by atoms with Crippen LogP contribution in [-0.4, -0.2) is 45.2 Å². The molecule has 1 aliphatic heterocycles. The predicted molar refractivity (Wildman–Crippen MR) is 134 cm³/mol. The number of rotatable bonds is 8. The van der Waals surface area contributed by atoms with Gasteiger partial charge in [0.2, 0.25) is 10.0 Å². The van der Waals surface area contributed by atoms with Crippen molar-refractivity contribution in [3.05, 3.63) is 88.9 Å². The van der Waals surface area contributed by atoms with Crippen LogP contribution in [0.2, 0.25) is 5.02 Å². The van der Waals surface area contributed by atoms with Crippen molar-refractivity contribution in [2.24, 2.45) is 0 Å². The minimum atomic E-state index is -4.54. The number of amides is 2. The standard InChI is InChI=1S/C25H23ClF3N3O4S/c1-37(34,35)30-13-14-31-16-23(17-3-2-4-18(15-17)25(27,28)29)32(24(31)33)20-7-11-22(12-8-20)36-21-9-5-19(26)6-10-21/h2-12,15,23,30H,13-14,16H2,1H3. The lowest BCUT2D eigenvalue weighted by Gasteiger charge is -2.24. The Bertz CT molecular complexity index is 1370. The molecule has 3 aromatic rings. The molecular weight excluding hydrogens is 531 g/mol. The lowest BCUT2D eigenvalue weighted by atomic mass is 10.0. The van der Waals surface area contributed by atoms with Gasteiger partial charge in [0.15, 0.2) is 0 Å². The van der Waals surface area contributed by atoms with Gasteiger partial charge in [0.25, 0.3) is 0 Å². The minimum absolute atomic E-state index is 0.0262. The molecule has 1 N–H and O–H groups in total. The van der Waals surface area contributed by atoms with Gasteiger partial charge in [0.05, 0.1) is 17.9 Å². The van der Waals surface area contributed by atoms with E-state index >= 15 is 0 Å². The topological polar surface area (TPSA) is 79.0 Å². The van der Waals surface area contributed by atoms with Crippen LogP contribution in [0, 0.1) is 0 Å². The van der Waals surface area contributed by atoms with Gasteiger partial charge in [-0.05, 0) is 66.2 Å². The van der Waals surface area contributed by atoms with Gasteiger partial charge >= 0.3 is 12.2 Å². The van der Waals surface area contributed by atoms with Crippen molar-refractivity contribution in [2.75, 3.05) is 30.8 Å². The molecule has 0 aromatic heterocycles. The molecule has 1 atom stereocenters. The van der Waals surface area contributed by atoms with Crippen molar-refractivity contribution in [3.63, 3.8) is 0 Å². The van der Waals surface area contributed by atoms with E-state index in [1.54, 1.807) is 48.5 Å². The number of anilines is 1. The number of nitrogens with zero attached hydrogens (tertiary/aromatic N) is 2. The second-order valence-corrected chi connectivity index (χ2v) is 10.7. The number of carbonyl (C=O) groups is 1. The van der Waals surface area contributed by atoms with Gasteiger partial charge in [-0.25, -0.2) is 17.9 Å². The number of benzene rings is 3. The summed E-state index contributed by atoms with van der Waals surface area (Å²) in [5.74, 6) is 1.04. The van der Waals surface area contributed by atoms with Gasteiger partial charge in [-0.2, -0.15) is 13.2 Å². The molecule has 7 nitrogen and oxygen atoms in total. The molecule has 0 bridgehead atoms. The lowest BCUT2D eigenvalue weighted by Crippen LogP contribution is -2.37. The summed E-state index contributed by atoms with van der Waals surface area (Å²) in [7, 11) is -3.47. The molecule has 2 amide bonds. The van der Waals surface area contributed by atoms with E-state index in [-0.39, 0.29) is 19.6 Å². The van der Waals surface area contributed by atoms with Crippen molar-refractivity contribution >= 4 is 33.3 Å². The molecule has 1 unspecified atom stereocenters. The van der Waals surface area contributed by atoms with Gasteiger partial charge in [0, 0.05) is 30.3 Å². The molecule has 37 heavy (non-hydrogen) atoms. The van der Waals surface area contributed by atoms with Gasteiger partial charge in [-0.1, -0.05) is 23.7 Å². The fourth-order valence-electron chi connectivity index (χ4n) is 3.99. The average molecular weight is 554 g/mol. The first-order valence-corrected chi connectivity index (χ1v) is 13.4. The van der Waals surface area contributed by atoms with Crippen molar-refractivity contribution in [1.29, 1.82) is 0 Å². The Morgan fingerprint density at radius 1 is 1.03 bits per heavy atom. The second kappa shape index (κ2) is 10.6. The molecule has 0 radical (unpaired) electrons. The van der Waals surface area contributed by atoms with Gasteiger partial charge in [-0.15, -0.1) is 0 Å². The zero-order valence-electron chi connectivity index (χ0n) is 19.6. The van der Waals surface area contributed by atoms with E-state index in [9.17, 15) is 26.4 Å². The predicted octanol–water partition coefficient (Wildman–Crippen LogP) is 5.68. The Kier molecular flexibility index (Phi) is 7.67. The summed E-state index contributed by atoms with van der Waals surface area (Å²) in [6.45, 7) is 0.103. The van der Waals surface area contributed by atoms with Gasteiger partial charge < -0.3 is 9.64 Å². The molecule has 0 spiro atoms. The Balaban J connectivity index is 1.61. The molecule has 12 heteroatoms. The SMILES string of the molecule is CS(=O)(=O)NCCN1CC(c2cccc(C(F)(F)F)c2)N(c2ccc(Oc3ccc(Cl)cc3)cc2)C1=O. The summed E-state index contributed by atoms with van der Waals surface area (Å²) in [5.41, 5.74) is -0.0565. The van der Waals surface area contributed by atoms with Crippen LogP contribution in [0.25, 0.3) is 0 Å².